The van der Waals surface area contributed by atoms with Crippen molar-refractivity contribution in [2.24, 2.45) is 10.9 Å². The Morgan fingerprint density at radius 2 is 2.10 bits per heavy atom. The lowest BCUT2D eigenvalue weighted by molar-refractivity contribution is 0.0695. The Morgan fingerprint density at radius 1 is 1.30 bits per heavy atom. The Labute approximate surface area is 119 Å². The van der Waals surface area contributed by atoms with Crippen LogP contribution in [0.4, 0.5) is 0 Å². The van der Waals surface area contributed by atoms with Crippen molar-refractivity contribution in [2.45, 2.75) is 13.0 Å². The number of methoxy groups -OCH3 is 1. The van der Waals surface area contributed by atoms with Crippen LogP contribution >= 0.6 is 0 Å². The molecule has 0 fully saturated rings. The van der Waals surface area contributed by atoms with Crippen LogP contribution in [0.2, 0.25) is 0 Å². The predicted molar refractivity (Wildman–Crippen MR) is 78.0 cm³/mol. The molecule has 0 spiro atoms. The van der Waals surface area contributed by atoms with Gasteiger partial charge in [-0.25, -0.2) is 0 Å². The second kappa shape index (κ2) is 10.2. The summed E-state index contributed by atoms with van der Waals surface area (Å²) in [4.78, 5) is 0. The minimum atomic E-state index is 0.130. The Hall–Kier alpha value is -1.63. The van der Waals surface area contributed by atoms with Crippen LogP contribution in [0.25, 0.3) is 0 Å². The van der Waals surface area contributed by atoms with Gasteiger partial charge in [0, 0.05) is 25.8 Å². The van der Waals surface area contributed by atoms with E-state index in [1.807, 2.05) is 24.3 Å². The van der Waals surface area contributed by atoms with Gasteiger partial charge in [-0.1, -0.05) is 29.4 Å². The van der Waals surface area contributed by atoms with Crippen molar-refractivity contribution in [1.82, 2.24) is 5.32 Å². The fraction of sp³-hybridized carbons (Fsp3) is 0.500. The first-order valence-corrected chi connectivity index (χ1v) is 6.62. The van der Waals surface area contributed by atoms with Gasteiger partial charge in [0.2, 0.25) is 0 Å². The van der Waals surface area contributed by atoms with Gasteiger partial charge in [0.1, 0.15) is 0 Å². The fourth-order valence-corrected chi connectivity index (χ4v) is 1.74. The molecule has 0 aromatic heterocycles. The summed E-state index contributed by atoms with van der Waals surface area (Å²) >= 11 is 0. The van der Waals surface area contributed by atoms with Crippen molar-refractivity contribution in [3.8, 4) is 0 Å². The Morgan fingerprint density at radius 3 is 2.85 bits per heavy atom. The van der Waals surface area contributed by atoms with Gasteiger partial charge < -0.3 is 25.7 Å². The lowest BCUT2D eigenvalue weighted by atomic mass is 10.1. The highest BCUT2D eigenvalue weighted by Gasteiger charge is 2.05. The highest BCUT2D eigenvalue weighted by Crippen LogP contribution is 2.08. The van der Waals surface area contributed by atoms with Crippen molar-refractivity contribution < 1.29 is 14.7 Å². The Bertz CT molecular complexity index is 410. The van der Waals surface area contributed by atoms with Crippen molar-refractivity contribution in [2.75, 3.05) is 33.5 Å². The molecule has 0 aliphatic rings. The first-order valence-electron chi connectivity index (χ1n) is 6.62. The SMILES string of the molecule is COCCOCCCNCc1ccccc1/C(N)=N/O. The van der Waals surface area contributed by atoms with E-state index >= 15 is 0 Å². The van der Waals surface area contributed by atoms with Crippen LogP contribution in [-0.2, 0) is 16.0 Å². The van der Waals surface area contributed by atoms with E-state index in [0.717, 1.165) is 24.1 Å². The molecule has 112 valence electrons. The van der Waals surface area contributed by atoms with E-state index in [0.29, 0.717) is 26.4 Å². The molecule has 1 aromatic rings. The maximum Gasteiger partial charge on any atom is 0.170 e. The van der Waals surface area contributed by atoms with Crippen LogP contribution in [0.15, 0.2) is 29.4 Å². The lowest BCUT2D eigenvalue weighted by Crippen LogP contribution is -2.21. The third-order valence-corrected chi connectivity index (χ3v) is 2.79. The zero-order chi connectivity index (χ0) is 14.6. The third-order valence-electron chi connectivity index (χ3n) is 2.79. The number of ether oxygens (including phenoxy) is 2. The molecule has 0 saturated carbocycles. The standard InChI is InChI=1S/C14H23N3O3/c1-19-9-10-20-8-4-7-16-11-12-5-2-3-6-13(12)14(15)17-18/h2-3,5-6,16,18H,4,7-11H2,1H3,(H2,15,17). The summed E-state index contributed by atoms with van der Waals surface area (Å²) in [6.45, 7) is 3.48. The number of oxime groups is 1. The molecule has 0 saturated heterocycles. The van der Waals surface area contributed by atoms with Gasteiger partial charge in [-0.2, -0.15) is 0 Å². The van der Waals surface area contributed by atoms with Crippen molar-refractivity contribution in [3.05, 3.63) is 35.4 Å². The van der Waals surface area contributed by atoms with Crippen molar-refractivity contribution >= 4 is 5.84 Å². The second-order valence-corrected chi connectivity index (χ2v) is 4.28. The number of hydrogen-bond acceptors (Lipinski definition) is 5. The summed E-state index contributed by atoms with van der Waals surface area (Å²) in [5, 5.41) is 15.1. The van der Waals surface area contributed by atoms with Gasteiger partial charge in [-0.15, -0.1) is 0 Å². The summed E-state index contributed by atoms with van der Waals surface area (Å²) in [6, 6.07) is 7.58. The topological polar surface area (TPSA) is 89.1 Å². The maximum absolute atomic E-state index is 8.74. The predicted octanol–water partition coefficient (Wildman–Crippen LogP) is 0.924. The average Bonchev–Trinajstić information content (AvgIpc) is 2.49. The number of nitrogens with one attached hydrogen (secondary N) is 1. The van der Waals surface area contributed by atoms with Gasteiger partial charge in [0.25, 0.3) is 0 Å². The molecule has 4 N–H and O–H groups in total. The van der Waals surface area contributed by atoms with Gasteiger partial charge in [-0.3, -0.25) is 0 Å². The fourth-order valence-electron chi connectivity index (χ4n) is 1.74. The monoisotopic (exact) mass is 281 g/mol. The molecule has 6 nitrogen and oxygen atoms in total. The zero-order valence-corrected chi connectivity index (χ0v) is 11.8. The smallest absolute Gasteiger partial charge is 0.170 e. The zero-order valence-electron chi connectivity index (χ0n) is 11.8. The van der Waals surface area contributed by atoms with E-state index in [1.54, 1.807) is 7.11 Å². The van der Waals surface area contributed by atoms with Gasteiger partial charge in [0.15, 0.2) is 5.84 Å². The van der Waals surface area contributed by atoms with E-state index in [2.05, 4.69) is 10.5 Å². The number of nitrogens with zero attached hydrogens (tertiary/aromatic N) is 1. The average molecular weight is 281 g/mol. The van der Waals surface area contributed by atoms with E-state index < -0.39 is 0 Å². The van der Waals surface area contributed by atoms with Crippen LogP contribution in [0, 0.1) is 0 Å². The van der Waals surface area contributed by atoms with E-state index in [4.69, 9.17) is 20.4 Å². The number of nitrogens with two attached hydrogens (primary N) is 1. The molecule has 0 unspecified atom stereocenters. The number of amidine groups is 1. The molecule has 0 amide bonds. The molecular weight excluding hydrogens is 258 g/mol. The second-order valence-electron chi connectivity index (χ2n) is 4.28. The van der Waals surface area contributed by atoms with Crippen molar-refractivity contribution in [3.63, 3.8) is 0 Å². The quantitative estimate of drug-likeness (QED) is 0.195. The van der Waals surface area contributed by atoms with E-state index in [9.17, 15) is 0 Å². The minimum absolute atomic E-state index is 0.130. The molecule has 0 atom stereocenters. The molecule has 6 heteroatoms. The molecule has 0 aliphatic heterocycles. The number of hydrogen-bond donors (Lipinski definition) is 3. The summed E-state index contributed by atoms with van der Waals surface area (Å²) in [5.74, 6) is 0.130. The summed E-state index contributed by atoms with van der Waals surface area (Å²) < 4.78 is 10.3. The Balaban J connectivity index is 2.25. The highest BCUT2D eigenvalue weighted by atomic mass is 16.5. The first kappa shape index (κ1) is 16.4. The Kier molecular flexibility index (Phi) is 8.37. The largest absolute Gasteiger partial charge is 0.409 e. The van der Waals surface area contributed by atoms with E-state index in [1.165, 1.54) is 0 Å². The van der Waals surface area contributed by atoms with Crippen LogP contribution in [0.5, 0.6) is 0 Å². The van der Waals surface area contributed by atoms with Crippen LogP contribution in [-0.4, -0.2) is 44.5 Å². The summed E-state index contributed by atoms with van der Waals surface area (Å²) in [6.07, 6.45) is 0.926. The number of rotatable bonds is 10. The molecule has 20 heavy (non-hydrogen) atoms. The molecule has 0 bridgehead atoms. The van der Waals surface area contributed by atoms with E-state index in [-0.39, 0.29) is 5.84 Å². The normalized spacial score (nSPS) is 11.8. The maximum atomic E-state index is 8.74. The van der Waals surface area contributed by atoms with Crippen LogP contribution in [0.1, 0.15) is 17.5 Å². The summed E-state index contributed by atoms with van der Waals surface area (Å²) in [5.41, 5.74) is 7.39. The summed E-state index contributed by atoms with van der Waals surface area (Å²) in [7, 11) is 1.66. The molecule has 0 radical (unpaired) electrons. The minimum Gasteiger partial charge on any atom is -0.409 e. The highest BCUT2D eigenvalue weighted by molar-refractivity contribution is 5.98. The van der Waals surface area contributed by atoms with Gasteiger partial charge in [0.05, 0.1) is 13.2 Å². The first-order chi connectivity index (χ1) is 9.79. The molecule has 1 rings (SSSR count). The molecule has 0 aliphatic carbocycles. The molecule has 0 heterocycles. The van der Waals surface area contributed by atoms with Gasteiger partial charge >= 0.3 is 0 Å². The number of benzene rings is 1. The molecule has 1 aromatic carbocycles. The van der Waals surface area contributed by atoms with Crippen LogP contribution < -0.4 is 11.1 Å². The molecular formula is C14H23N3O3. The third kappa shape index (κ3) is 6.01. The van der Waals surface area contributed by atoms with Crippen molar-refractivity contribution in [1.29, 1.82) is 0 Å². The van der Waals surface area contributed by atoms with Crippen LogP contribution in [0.3, 0.4) is 0 Å². The lowest BCUT2D eigenvalue weighted by Gasteiger charge is -2.09. The van der Waals surface area contributed by atoms with Gasteiger partial charge in [-0.05, 0) is 18.5 Å².